The molecule has 1 aromatic rings. The van der Waals surface area contributed by atoms with Crippen molar-refractivity contribution in [1.29, 1.82) is 0 Å². The van der Waals surface area contributed by atoms with E-state index in [1.165, 1.54) is 0 Å². The van der Waals surface area contributed by atoms with Gasteiger partial charge in [-0.2, -0.15) is 0 Å². The number of benzene rings is 1. The van der Waals surface area contributed by atoms with Gasteiger partial charge in [-0.05, 0) is 19.4 Å². The van der Waals surface area contributed by atoms with Crippen molar-refractivity contribution >= 4 is 0 Å². The fourth-order valence-corrected chi connectivity index (χ4v) is 2.13. The Labute approximate surface area is 100.0 Å². The number of hydrogen-bond donors (Lipinski definition) is 1. The van der Waals surface area contributed by atoms with E-state index in [2.05, 4.69) is 5.32 Å². The first kappa shape index (κ1) is 12.3. The van der Waals surface area contributed by atoms with Crippen LogP contribution in [-0.2, 0) is 13.0 Å². The lowest BCUT2D eigenvalue weighted by molar-refractivity contribution is 0.135. The highest BCUT2D eigenvalue weighted by Crippen LogP contribution is 2.37. The quantitative estimate of drug-likeness (QED) is 0.875. The van der Waals surface area contributed by atoms with Crippen LogP contribution in [-0.4, -0.2) is 18.6 Å². The summed E-state index contributed by atoms with van der Waals surface area (Å²) >= 11 is 0. The van der Waals surface area contributed by atoms with Crippen molar-refractivity contribution < 1.29 is 13.5 Å². The van der Waals surface area contributed by atoms with E-state index in [4.69, 9.17) is 4.74 Å². The minimum absolute atomic E-state index is 0.193. The Hall–Kier alpha value is -1.16. The van der Waals surface area contributed by atoms with E-state index in [-0.39, 0.29) is 12.1 Å². The lowest BCUT2D eigenvalue weighted by atomic mass is 10.0. The molecule has 1 aliphatic rings. The molecule has 1 heterocycles. The van der Waals surface area contributed by atoms with Gasteiger partial charge >= 0.3 is 0 Å². The molecule has 17 heavy (non-hydrogen) atoms. The monoisotopic (exact) mass is 241 g/mol. The van der Waals surface area contributed by atoms with Gasteiger partial charge in [0.15, 0.2) is 0 Å². The highest BCUT2D eigenvalue weighted by molar-refractivity contribution is 5.45. The lowest BCUT2D eigenvalue weighted by Gasteiger charge is -2.18. The van der Waals surface area contributed by atoms with Gasteiger partial charge in [0.25, 0.3) is 6.43 Å². The number of hydrogen-bond acceptors (Lipinski definition) is 2. The summed E-state index contributed by atoms with van der Waals surface area (Å²) in [7, 11) is 0. The molecule has 0 saturated carbocycles. The Morgan fingerprint density at radius 1 is 1.41 bits per heavy atom. The van der Waals surface area contributed by atoms with Crippen molar-refractivity contribution in [1.82, 2.24) is 5.32 Å². The molecule has 0 unspecified atom stereocenters. The molecule has 1 N–H and O–H groups in total. The zero-order valence-corrected chi connectivity index (χ0v) is 10.1. The predicted molar refractivity (Wildman–Crippen MR) is 62.6 cm³/mol. The molecule has 2 rings (SSSR count). The van der Waals surface area contributed by atoms with Gasteiger partial charge in [0.2, 0.25) is 0 Å². The molecule has 0 aliphatic carbocycles. The number of ether oxygens (including phenoxy) is 1. The number of fused-ring (bicyclic) bond motifs is 1. The summed E-state index contributed by atoms with van der Waals surface area (Å²) in [6.07, 6.45) is -1.45. The SMILES string of the molecule is CC1(C)Cc2cccc(CNCC(F)F)c2O1. The molecule has 0 bridgehead atoms. The maximum absolute atomic E-state index is 12.0. The van der Waals surface area contributed by atoms with Gasteiger partial charge in [0.05, 0.1) is 6.54 Å². The number of nitrogens with one attached hydrogen (secondary N) is 1. The van der Waals surface area contributed by atoms with Crippen molar-refractivity contribution in [3.05, 3.63) is 29.3 Å². The van der Waals surface area contributed by atoms with Crippen LogP contribution in [0.3, 0.4) is 0 Å². The molecule has 4 heteroatoms. The highest BCUT2D eigenvalue weighted by atomic mass is 19.3. The fourth-order valence-electron chi connectivity index (χ4n) is 2.13. The average Bonchev–Trinajstić information content (AvgIpc) is 2.52. The second kappa shape index (κ2) is 4.61. The third-order valence-corrected chi connectivity index (χ3v) is 2.79. The van der Waals surface area contributed by atoms with Crippen LogP contribution in [0.1, 0.15) is 25.0 Å². The maximum atomic E-state index is 12.0. The molecule has 0 spiro atoms. The molecule has 1 aromatic carbocycles. The van der Waals surface area contributed by atoms with Gasteiger partial charge < -0.3 is 10.1 Å². The molecule has 0 aromatic heterocycles. The number of para-hydroxylation sites is 1. The molecule has 1 aliphatic heterocycles. The van der Waals surface area contributed by atoms with E-state index in [1.54, 1.807) is 0 Å². The Balaban J connectivity index is 2.08. The normalized spacial score (nSPS) is 17.0. The van der Waals surface area contributed by atoms with Crippen LogP contribution in [0.15, 0.2) is 18.2 Å². The summed E-state index contributed by atoms with van der Waals surface area (Å²) in [4.78, 5) is 0. The van der Waals surface area contributed by atoms with Crippen LogP contribution in [0.5, 0.6) is 5.75 Å². The second-order valence-electron chi connectivity index (χ2n) is 4.97. The van der Waals surface area contributed by atoms with Gasteiger partial charge in [-0.25, -0.2) is 8.78 Å². The Morgan fingerprint density at radius 2 is 2.18 bits per heavy atom. The van der Waals surface area contributed by atoms with Gasteiger partial charge in [0, 0.05) is 18.5 Å². The molecule has 0 atom stereocenters. The van der Waals surface area contributed by atoms with Gasteiger partial charge in [0.1, 0.15) is 11.4 Å². The van der Waals surface area contributed by atoms with Crippen LogP contribution in [0.25, 0.3) is 0 Å². The van der Waals surface area contributed by atoms with Crippen molar-refractivity contribution in [2.75, 3.05) is 6.54 Å². The standard InChI is InChI=1S/C13H17F2NO/c1-13(2)6-9-4-3-5-10(12(9)17-13)7-16-8-11(14)15/h3-5,11,16H,6-8H2,1-2H3. The third kappa shape index (κ3) is 2.94. The predicted octanol–water partition coefficient (Wildman–Crippen LogP) is 2.75. The highest BCUT2D eigenvalue weighted by Gasteiger charge is 2.31. The number of alkyl halides is 2. The van der Waals surface area contributed by atoms with Gasteiger partial charge in [-0.3, -0.25) is 0 Å². The van der Waals surface area contributed by atoms with Gasteiger partial charge in [-0.1, -0.05) is 18.2 Å². The first-order valence-electron chi connectivity index (χ1n) is 5.76. The fraction of sp³-hybridized carbons (Fsp3) is 0.538. The largest absolute Gasteiger partial charge is 0.487 e. The van der Waals surface area contributed by atoms with Crippen LogP contribution < -0.4 is 10.1 Å². The maximum Gasteiger partial charge on any atom is 0.250 e. The van der Waals surface area contributed by atoms with Gasteiger partial charge in [-0.15, -0.1) is 0 Å². The minimum atomic E-state index is -2.32. The van der Waals surface area contributed by atoms with E-state index in [0.29, 0.717) is 6.54 Å². The zero-order valence-electron chi connectivity index (χ0n) is 10.1. The first-order chi connectivity index (χ1) is 7.98. The van der Waals surface area contributed by atoms with Crippen LogP contribution in [0.4, 0.5) is 8.78 Å². The van der Waals surface area contributed by atoms with Crippen molar-refractivity contribution in [3.63, 3.8) is 0 Å². The topological polar surface area (TPSA) is 21.3 Å². The molecular weight excluding hydrogens is 224 g/mol. The number of halogens is 2. The van der Waals surface area contributed by atoms with E-state index in [1.807, 2.05) is 32.0 Å². The minimum Gasteiger partial charge on any atom is -0.487 e. The number of rotatable bonds is 4. The average molecular weight is 241 g/mol. The smallest absolute Gasteiger partial charge is 0.250 e. The van der Waals surface area contributed by atoms with E-state index < -0.39 is 6.43 Å². The summed E-state index contributed by atoms with van der Waals surface area (Å²) in [5.41, 5.74) is 1.92. The Bertz CT molecular complexity index is 404. The van der Waals surface area contributed by atoms with Crippen LogP contribution >= 0.6 is 0 Å². The molecule has 0 fully saturated rings. The lowest BCUT2D eigenvalue weighted by Crippen LogP contribution is -2.25. The van der Waals surface area contributed by atoms with E-state index in [9.17, 15) is 8.78 Å². The summed E-state index contributed by atoms with van der Waals surface area (Å²) < 4.78 is 29.9. The molecule has 2 nitrogen and oxygen atoms in total. The van der Waals surface area contributed by atoms with Crippen LogP contribution in [0.2, 0.25) is 0 Å². The Morgan fingerprint density at radius 3 is 2.88 bits per heavy atom. The third-order valence-electron chi connectivity index (χ3n) is 2.79. The summed E-state index contributed by atoms with van der Waals surface area (Å²) in [5, 5.41) is 2.73. The van der Waals surface area contributed by atoms with Crippen LogP contribution in [0, 0.1) is 0 Å². The van der Waals surface area contributed by atoms with E-state index >= 15 is 0 Å². The van der Waals surface area contributed by atoms with Crippen molar-refractivity contribution in [2.24, 2.45) is 0 Å². The molecule has 0 saturated heterocycles. The summed E-state index contributed by atoms with van der Waals surface area (Å²) in [5.74, 6) is 0.860. The Kier molecular flexibility index (Phi) is 3.33. The molecule has 0 radical (unpaired) electrons. The van der Waals surface area contributed by atoms with Crippen molar-refractivity contribution in [3.8, 4) is 5.75 Å². The summed E-state index contributed by atoms with van der Waals surface area (Å²) in [6, 6.07) is 5.89. The molecule has 94 valence electrons. The van der Waals surface area contributed by atoms with E-state index in [0.717, 1.165) is 23.3 Å². The zero-order chi connectivity index (χ0) is 12.5. The first-order valence-corrected chi connectivity index (χ1v) is 5.76. The second-order valence-corrected chi connectivity index (χ2v) is 4.97. The molecular formula is C13H17F2NO. The molecule has 0 amide bonds. The van der Waals surface area contributed by atoms with Crippen molar-refractivity contribution in [2.45, 2.75) is 38.8 Å². The summed E-state index contributed by atoms with van der Waals surface area (Å²) in [6.45, 7) is 4.20.